The van der Waals surface area contributed by atoms with Crippen molar-refractivity contribution in [2.45, 2.75) is 38.1 Å². The predicted octanol–water partition coefficient (Wildman–Crippen LogP) is 4.73. The van der Waals surface area contributed by atoms with Gasteiger partial charge in [0.1, 0.15) is 5.78 Å². The van der Waals surface area contributed by atoms with Crippen molar-refractivity contribution in [1.82, 2.24) is 0 Å². The number of Topliss-reactive ketones (excluding diaryl/α,β-unsaturated/α-hetero) is 1. The zero-order valence-electron chi connectivity index (χ0n) is 13.0. The van der Waals surface area contributed by atoms with E-state index < -0.39 is 0 Å². The smallest absolute Gasteiger partial charge is 0.138 e. The van der Waals surface area contributed by atoms with E-state index in [9.17, 15) is 4.79 Å². The van der Waals surface area contributed by atoms with E-state index in [0.29, 0.717) is 18.6 Å². The number of benzene rings is 1. The molecule has 118 valence electrons. The molecular weight excluding hydrogens is 304 g/mol. The first-order valence-corrected chi connectivity index (χ1v) is 8.94. The van der Waals surface area contributed by atoms with Crippen LogP contribution in [-0.2, 0) is 11.2 Å². The maximum Gasteiger partial charge on any atom is 0.138 e. The third-order valence-electron chi connectivity index (χ3n) is 4.41. The number of carbonyl (C=O) groups excluding carboxylic acids is 1. The molecule has 3 nitrogen and oxygen atoms in total. The molecule has 0 aliphatic heterocycles. The highest BCUT2D eigenvalue weighted by Crippen LogP contribution is 2.36. The summed E-state index contributed by atoms with van der Waals surface area (Å²) in [5.74, 6) is 0.435. The topological polar surface area (TPSA) is 52.9 Å². The number of rotatable bonds is 5. The Balaban J connectivity index is 1.81. The maximum atomic E-state index is 12.4. The van der Waals surface area contributed by atoms with Crippen LogP contribution in [0.15, 0.2) is 41.8 Å². The second-order valence-electron chi connectivity index (χ2n) is 5.99. The van der Waals surface area contributed by atoms with Crippen LogP contribution in [0.1, 0.15) is 42.2 Å². The Hall–Kier alpha value is -2.12. The fourth-order valence-electron chi connectivity index (χ4n) is 3.19. The van der Waals surface area contributed by atoms with Crippen molar-refractivity contribution in [3.63, 3.8) is 0 Å². The van der Waals surface area contributed by atoms with Crippen LogP contribution in [0.2, 0.25) is 0 Å². The number of anilines is 1. The highest BCUT2D eigenvalue weighted by molar-refractivity contribution is 7.10. The predicted molar refractivity (Wildman–Crippen MR) is 93.4 cm³/mol. The van der Waals surface area contributed by atoms with Gasteiger partial charge in [-0.1, -0.05) is 24.6 Å². The average molecular weight is 324 g/mol. The number of nitriles is 1. The van der Waals surface area contributed by atoms with E-state index in [1.54, 1.807) is 11.3 Å². The molecule has 1 heterocycles. The van der Waals surface area contributed by atoms with Crippen LogP contribution in [0.3, 0.4) is 0 Å². The third-order valence-corrected chi connectivity index (χ3v) is 5.37. The van der Waals surface area contributed by atoms with E-state index in [1.807, 2.05) is 30.3 Å². The molecule has 3 rings (SSSR count). The second kappa shape index (κ2) is 7.43. The summed E-state index contributed by atoms with van der Waals surface area (Å²) >= 11 is 1.70. The van der Waals surface area contributed by atoms with Gasteiger partial charge >= 0.3 is 0 Å². The standard InChI is InChI=1S/C19H20N2OS/c20-12-11-14-7-9-15(10-8-14)21-19(18-6-3-13-23-18)16-4-1-2-5-17(16)22/h3,6-10,13,16,19,21H,1-2,4-5,11H2. The van der Waals surface area contributed by atoms with Crippen LogP contribution in [0.4, 0.5) is 5.69 Å². The van der Waals surface area contributed by atoms with Gasteiger partial charge in [0.25, 0.3) is 0 Å². The minimum atomic E-state index is 0.0459. The molecule has 0 spiro atoms. The lowest BCUT2D eigenvalue weighted by atomic mass is 9.82. The van der Waals surface area contributed by atoms with Crippen molar-refractivity contribution in [3.05, 3.63) is 52.2 Å². The molecule has 4 heteroatoms. The van der Waals surface area contributed by atoms with Gasteiger partial charge in [0.15, 0.2) is 0 Å². The Bertz CT molecular complexity index is 685. The fourth-order valence-corrected chi connectivity index (χ4v) is 4.03. The molecule has 1 saturated carbocycles. The molecular formula is C19H20N2OS. The van der Waals surface area contributed by atoms with Crippen LogP contribution in [0.5, 0.6) is 0 Å². The van der Waals surface area contributed by atoms with Crippen LogP contribution in [0, 0.1) is 17.2 Å². The van der Waals surface area contributed by atoms with Gasteiger partial charge in [-0.3, -0.25) is 4.79 Å². The average Bonchev–Trinajstić information content (AvgIpc) is 3.09. The molecule has 2 atom stereocenters. The molecule has 1 aliphatic carbocycles. The lowest BCUT2D eigenvalue weighted by Gasteiger charge is -2.30. The second-order valence-corrected chi connectivity index (χ2v) is 6.97. The Morgan fingerprint density at radius 2 is 2.09 bits per heavy atom. The number of nitrogens with zero attached hydrogens (tertiary/aromatic N) is 1. The molecule has 0 bridgehead atoms. The van der Waals surface area contributed by atoms with Gasteiger partial charge in [-0.25, -0.2) is 0 Å². The van der Waals surface area contributed by atoms with Gasteiger partial charge in [-0.2, -0.15) is 5.26 Å². The van der Waals surface area contributed by atoms with Crippen LogP contribution in [0.25, 0.3) is 0 Å². The largest absolute Gasteiger partial charge is 0.377 e. The van der Waals surface area contributed by atoms with Crippen LogP contribution < -0.4 is 5.32 Å². The number of ketones is 1. The summed E-state index contributed by atoms with van der Waals surface area (Å²) in [6, 6.07) is 14.3. The van der Waals surface area contributed by atoms with Crippen molar-refractivity contribution in [3.8, 4) is 6.07 Å². The van der Waals surface area contributed by atoms with Crippen LogP contribution in [-0.4, -0.2) is 5.78 Å². The Morgan fingerprint density at radius 3 is 2.74 bits per heavy atom. The van der Waals surface area contributed by atoms with Crippen molar-refractivity contribution >= 4 is 22.8 Å². The summed E-state index contributed by atoms with van der Waals surface area (Å²) in [6.07, 6.45) is 4.24. The Morgan fingerprint density at radius 1 is 1.26 bits per heavy atom. The van der Waals surface area contributed by atoms with E-state index in [0.717, 1.165) is 30.5 Å². The summed E-state index contributed by atoms with van der Waals surface area (Å²) in [7, 11) is 0. The van der Waals surface area contributed by atoms with Crippen molar-refractivity contribution < 1.29 is 4.79 Å². The number of thiophene rings is 1. The first-order valence-electron chi connectivity index (χ1n) is 8.06. The lowest BCUT2D eigenvalue weighted by Crippen LogP contribution is -2.29. The molecule has 2 aromatic rings. The van der Waals surface area contributed by atoms with Gasteiger partial charge in [-0.15, -0.1) is 11.3 Å². The van der Waals surface area contributed by atoms with Gasteiger partial charge < -0.3 is 5.32 Å². The monoisotopic (exact) mass is 324 g/mol. The molecule has 1 fully saturated rings. The number of hydrogen-bond donors (Lipinski definition) is 1. The van der Waals surface area contributed by atoms with Crippen molar-refractivity contribution in [1.29, 1.82) is 5.26 Å². The van der Waals surface area contributed by atoms with E-state index in [1.165, 1.54) is 4.88 Å². The van der Waals surface area contributed by atoms with E-state index in [-0.39, 0.29) is 12.0 Å². The van der Waals surface area contributed by atoms with E-state index in [2.05, 4.69) is 22.8 Å². The summed E-state index contributed by atoms with van der Waals surface area (Å²) in [4.78, 5) is 13.6. The number of nitrogens with one attached hydrogen (secondary N) is 1. The first kappa shape index (κ1) is 15.8. The summed E-state index contributed by atoms with van der Waals surface area (Å²) in [5, 5.41) is 14.4. The van der Waals surface area contributed by atoms with Gasteiger partial charge in [0.2, 0.25) is 0 Å². The lowest BCUT2D eigenvalue weighted by molar-refractivity contribution is -0.125. The molecule has 0 amide bonds. The third kappa shape index (κ3) is 3.80. The first-order chi connectivity index (χ1) is 11.3. The Kier molecular flexibility index (Phi) is 5.09. The minimum Gasteiger partial charge on any atom is -0.377 e. The molecule has 2 unspecified atom stereocenters. The molecule has 23 heavy (non-hydrogen) atoms. The molecule has 1 aromatic heterocycles. The zero-order chi connectivity index (χ0) is 16.1. The molecule has 1 aliphatic rings. The quantitative estimate of drug-likeness (QED) is 0.865. The molecule has 0 saturated heterocycles. The summed E-state index contributed by atoms with van der Waals surface area (Å²) in [6.45, 7) is 0. The normalized spacial score (nSPS) is 19.1. The molecule has 1 N–H and O–H groups in total. The fraction of sp³-hybridized carbons (Fsp3) is 0.368. The van der Waals surface area contributed by atoms with Gasteiger partial charge in [-0.05, 0) is 42.0 Å². The highest BCUT2D eigenvalue weighted by Gasteiger charge is 2.31. The molecule has 0 radical (unpaired) electrons. The SMILES string of the molecule is N#CCc1ccc(NC(c2cccs2)C2CCCCC2=O)cc1. The van der Waals surface area contributed by atoms with Crippen molar-refractivity contribution in [2.24, 2.45) is 5.92 Å². The Labute approximate surface area is 141 Å². The van der Waals surface area contributed by atoms with Gasteiger partial charge in [0, 0.05) is 22.9 Å². The summed E-state index contributed by atoms with van der Waals surface area (Å²) in [5.41, 5.74) is 2.02. The van der Waals surface area contributed by atoms with Crippen molar-refractivity contribution in [2.75, 3.05) is 5.32 Å². The van der Waals surface area contributed by atoms with E-state index in [4.69, 9.17) is 5.26 Å². The number of carbonyl (C=O) groups is 1. The molecule has 1 aromatic carbocycles. The van der Waals surface area contributed by atoms with E-state index >= 15 is 0 Å². The van der Waals surface area contributed by atoms with Gasteiger partial charge in [0.05, 0.1) is 18.5 Å². The minimum absolute atomic E-state index is 0.0459. The highest BCUT2D eigenvalue weighted by atomic mass is 32.1. The maximum absolute atomic E-state index is 12.4. The summed E-state index contributed by atoms with van der Waals surface area (Å²) < 4.78 is 0. The van der Waals surface area contributed by atoms with Crippen LogP contribution >= 0.6 is 11.3 Å². The zero-order valence-corrected chi connectivity index (χ0v) is 13.8. The number of hydrogen-bond acceptors (Lipinski definition) is 4.